The van der Waals surface area contributed by atoms with Crippen molar-refractivity contribution in [3.63, 3.8) is 0 Å². The molecule has 0 N–H and O–H groups in total. The summed E-state index contributed by atoms with van der Waals surface area (Å²) in [5.41, 5.74) is 12.0. The molecule has 0 radical (unpaired) electrons. The predicted molar refractivity (Wildman–Crippen MR) is 270 cm³/mol. The third-order valence-electron chi connectivity index (χ3n) is 13.1. The molecule has 0 atom stereocenters. The van der Waals surface area contributed by atoms with Gasteiger partial charge in [0.2, 0.25) is 0 Å². The maximum atomic E-state index is 2.56. The van der Waals surface area contributed by atoms with Crippen LogP contribution in [0.25, 0.3) is 77.2 Å². The molecule has 0 aliphatic carbocycles. The second-order valence-electron chi connectivity index (χ2n) is 16.5. The fourth-order valence-corrected chi connectivity index (χ4v) is 15.3. The summed E-state index contributed by atoms with van der Waals surface area (Å²) >= 11 is 0. The summed E-state index contributed by atoms with van der Waals surface area (Å²) in [4.78, 5) is 0. The van der Waals surface area contributed by atoms with E-state index in [1.807, 2.05) is 0 Å². The van der Waals surface area contributed by atoms with Crippen LogP contribution in [0.15, 0.2) is 255 Å². The first-order chi connectivity index (χ1) is 31.3. The van der Waals surface area contributed by atoms with Gasteiger partial charge in [-0.1, -0.05) is 206 Å². The molecular formula is C60H42N2Si. The molecule has 0 aliphatic heterocycles. The number of nitrogens with zero attached hydrogens (tertiary/aromatic N) is 2. The lowest BCUT2D eigenvalue weighted by Gasteiger charge is -2.35. The van der Waals surface area contributed by atoms with Crippen molar-refractivity contribution in [3.05, 3.63) is 255 Å². The van der Waals surface area contributed by atoms with Gasteiger partial charge in [-0.3, -0.25) is 0 Å². The van der Waals surface area contributed by atoms with Gasteiger partial charge in [-0.15, -0.1) is 0 Å². The van der Waals surface area contributed by atoms with Crippen molar-refractivity contribution in [2.24, 2.45) is 0 Å². The highest BCUT2D eigenvalue weighted by Gasteiger charge is 2.43. The van der Waals surface area contributed by atoms with E-state index in [1.54, 1.807) is 0 Å². The number of rotatable bonds is 8. The van der Waals surface area contributed by atoms with Crippen LogP contribution in [0.2, 0.25) is 0 Å². The standard InChI is InChI=1S/C60H42N2Si/c1-5-19-43(20-6-1)45-21-17-22-46(41-45)44-35-37-47(38-36-44)61-56-32-15-14-30-53(56)55-42-48(39-40-58(55)61)62-57-33-16-13-29-52(57)54-31-18-34-59(60(54)62)63(49-23-7-2-8-24-49,50-25-9-3-10-26-50)51-27-11-4-12-28-51/h1-42H. The van der Waals surface area contributed by atoms with Crippen LogP contribution < -0.4 is 20.7 Å². The van der Waals surface area contributed by atoms with Gasteiger partial charge in [0.25, 0.3) is 0 Å². The van der Waals surface area contributed by atoms with Crippen molar-refractivity contribution < 1.29 is 0 Å². The molecule has 0 amide bonds. The number of para-hydroxylation sites is 3. The Hall–Kier alpha value is -7.98. The first-order valence-electron chi connectivity index (χ1n) is 21.8. The molecule has 0 saturated heterocycles. The highest BCUT2D eigenvalue weighted by Crippen LogP contribution is 2.38. The van der Waals surface area contributed by atoms with Gasteiger partial charge < -0.3 is 9.13 Å². The van der Waals surface area contributed by atoms with Crippen LogP contribution in [-0.2, 0) is 0 Å². The summed E-state index contributed by atoms with van der Waals surface area (Å²) in [6.45, 7) is 0. The van der Waals surface area contributed by atoms with E-state index in [0.29, 0.717) is 0 Å². The lowest BCUT2D eigenvalue weighted by Crippen LogP contribution is -2.75. The van der Waals surface area contributed by atoms with E-state index in [0.717, 1.165) is 11.4 Å². The van der Waals surface area contributed by atoms with Crippen molar-refractivity contribution in [2.75, 3.05) is 0 Å². The van der Waals surface area contributed by atoms with Crippen molar-refractivity contribution in [3.8, 4) is 33.6 Å². The Morgan fingerprint density at radius 3 is 1.29 bits per heavy atom. The lowest BCUT2D eigenvalue weighted by atomic mass is 9.99. The lowest BCUT2D eigenvalue weighted by molar-refractivity contribution is 1.17. The van der Waals surface area contributed by atoms with Gasteiger partial charge in [-0.2, -0.15) is 0 Å². The zero-order valence-corrected chi connectivity index (χ0v) is 35.6. The highest BCUT2D eigenvalue weighted by molar-refractivity contribution is 7.20. The van der Waals surface area contributed by atoms with E-state index in [9.17, 15) is 0 Å². The second kappa shape index (κ2) is 15.2. The zero-order chi connectivity index (χ0) is 41.7. The van der Waals surface area contributed by atoms with Crippen LogP contribution in [-0.4, -0.2) is 17.2 Å². The number of aromatic nitrogens is 2. The summed E-state index contributed by atoms with van der Waals surface area (Å²) in [5.74, 6) is 0. The van der Waals surface area contributed by atoms with E-state index in [4.69, 9.17) is 0 Å². The quantitative estimate of drug-likeness (QED) is 0.107. The van der Waals surface area contributed by atoms with Gasteiger partial charge in [0.1, 0.15) is 0 Å². The summed E-state index contributed by atoms with van der Waals surface area (Å²) in [6, 6.07) is 94.2. The molecule has 12 rings (SSSR count). The predicted octanol–water partition coefficient (Wildman–Crippen LogP) is 12.6. The van der Waals surface area contributed by atoms with E-state index < -0.39 is 8.07 Å². The molecule has 0 bridgehead atoms. The van der Waals surface area contributed by atoms with Gasteiger partial charge in [-0.25, -0.2) is 0 Å². The second-order valence-corrected chi connectivity index (χ2v) is 20.2. The molecule has 0 aliphatic rings. The van der Waals surface area contributed by atoms with E-state index in [1.165, 1.54) is 86.6 Å². The van der Waals surface area contributed by atoms with Crippen molar-refractivity contribution in [1.82, 2.24) is 9.13 Å². The minimum Gasteiger partial charge on any atom is -0.309 e. The van der Waals surface area contributed by atoms with Crippen molar-refractivity contribution in [2.45, 2.75) is 0 Å². The van der Waals surface area contributed by atoms with Crippen LogP contribution in [0.1, 0.15) is 0 Å². The van der Waals surface area contributed by atoms with Crippen molar-refractivity contribution in [1.29, 1.82) is 0 Å². The monoisotopic (exact) mass is 818 g/mol. The Balaban J connectivity index is 1.08. The maximum Gasteiger partial charge on any atom is 0.181 e. The smallest absolute Gasteiger partial charge is 0.181 e. The van der Waals surface area contributed by atoms with Gasteiger partial charge in [0, 0.05) is 32.9 Å². The van der Waals surface area contributed by atoms with E-state index in [-0.39, 0.29) is 0 Å². The van der Waals surface area contributed by atoms with E-state index >= 15 is 0 Å². The third kappa shape index (κ3) is 5.93. The molecule has 296 valence electrons. The summed E-state index contributed by atoms with van der Waals surface area (Å²) in [7, 11) is -2.90. The first-order valence-corrected chi connectivity index (χ1v) is 23.8. The molecule has 2 nitrogen and oxygen atoms in total. The molecule has 0 saturated carbocycles. The minimum atomic E-state index is -2.90. The van der Waals surface area contributed by atoms with Crippen LogP contribution in [0.5, 0.6) is 0 Å². The largest absolute Gasteiger partial charge is 0.309 e. The number of hydrogen-bond acceptors (Lipinski definition) is 0. The average molecular weight is 819 g/mol. The fourth-order valence-electron chi connectivity index (χ4n) is 10.3. The normalized spacial score (nSPS) is 11.8. The van der Waals surface area contributed by atoms with Crippen LogP contribution >= 0.6 is 0 Å². The highest BCUT2D eigenvalue weighted by atomic mass is 28.3. The fraction of sp³-hybridized carbons (Fsp3) is 0. The number of benzene rings is 10. The summed E-state index contributed by atoms with van der Waals surface area (Å²) in [6.07, 6.45) is 0. The summed E-state index contributed by atoms with van der Waals surface area (Å²) < 4.78 is 4.98. The van der Waals surface area contributed by atoms with Crippen molar-refractivity contribution >= 4 is 72.4 Å². The topological polar surface area (TPSA) is 9.86 Å². The Morgan fingerprint density at radius 1 is 0.254 bits per heavy atom. The molecule has 2 heterocycles. The molecule has 10 aromatic carbocycles. The number of hydrogen-bond donors (Lipinski definition) is 0. The summed E-state index contributed by atoms with van der Waals surface area (Å²) in [5, 5.41) is 10.4. The molecule has 0 fully saturated rings. The molecule has 3 heteroatoms. The van der Waals surface area contributed by atoms with Gasteiger partial charge >= 0.3 is 0 Å². The molecule has 0 spiro atoms. The first kappa shape index (κ1) is 36.8. The molecule has 0 unspecified atom stereocenters. The molecule has 63 heavy (non-hydrogen) atoms. The molecule has 12 aromatic rings. The van der Waals surface area contributed by atoms with Gasteiger partial charge in [0.05, 0.1) is 22.1 Å². The SMILES string of the molecule is c1ccc(-c2cccc(-c3ccc(-n4c5ccccc5c5cc(-n6c7ccccc7c7cccc([Si](c8ccccc8)(c8ccccc8)c8ccccc8)c76)ccc54)cc3)c2)cc1. The van der Waals surface area contributed by atoms with Crippen LogP contribution in [0.3, 0.4) is 0 Å². The van der Waals surface area contributed by atoms with E-state index in [2.05, 4.69) is 264 Å². The van der Waals surface area contributed by atoms with Crippen LogP contribution in [0, 0.1) is 0 Å². The Kier molecular flexibility index (Phi) is 8.87. The van der Waals surface area contributed by atoms with Crippen LogP contribution in [0.4, 0.5) is 0 Å². The number of fused-ring (bicyclic) bond motifs is 6. The average Bonchev–Trinajstić information content (AvgIpc) is 3.89. The zero-order valence-electron chi connectivity index (χ0n) is 34.6. The minimum absolute atomic E-state index is 1.14. The Labute approximate surface area is 368 Å². The maximum absolute atomic E-state index is 2.90. The molecule has 2 aromatic heterocycles. The Bertz CT molecular complexity index is 3490. The molecular weight excluding hydrogens is 777 g/mol. The third-order valence-corrected chi connectivity index (χ3v) is 17.9. The van der Waals surface area contributed by atoms with Gasteiger partial charge in [0.15, 0.2) is 8.07 Å². The Morgan fingerprint density at radius 2 is 0.683 bits per heavy atom. The van der Waals surface area contributed by atoms with Gasteiger partial charge in [-0.05, 0) is 91.5 Å².